The molecular weight excluding hydrogens is 300 g/mol. The van der Waals surface area contributed by atoms with E-state index in [1.165, 1.54) is 13.2 Å². The molecule has 5 nitrogen and oxygen atoms in total. The number of phenolic OH excluding ortho intramolecular Hbond substituents is 1. The molecule has 1 amide bonds. The van der Waals surface area contributed by atoms with Crippen LogP contribution in [0.1, 0.15) is 15.9 Å². The number of ether oxygens (including phenoxy) is 1. The second-order valence-corrected chi connectivity index (χ2v) is 4.99. The molecule has 0 unspecified atom stereocenters. The molecule has 0 radical (unpaired) electrons. The van der Waals surface area contributed by atoms with Crippen molar-refractivity contribution >= 4 is 28.9 Å². The Morgan fingerprint density at radius 3 is 2.59 bits per heavy atom. The minimum atomic E-state index is -0.381. The van der Waals surface area contributed by atoms with Crippen LogP contribution in [0.4, 0.5) is 5.69 Å². The summed E-state index contributed by atoms with van der Waals surface area (Å²) in [6.45, 7) is 1.86. The quantitative estimate of drug-likeness (QED) is 0.600. The molecule has 0 saturated carbocycles. The topological polar surface area (TPSA) is 70.6 Å². The van der Waals surface area contributed by atoms with E-state index < -0.39 is 0 Å². The number of carbonyl (C=O) groups excluding carboxylic acids is 1. The lowest BCUT2D eigenvalue weighted by Crippen LogP contribution is -2.34. The van der Waals surface area contributed by atoms with Gasteiger partial charge in [0.05, 0.1) is 18.4 Å². The fraction of sp³-hybridized carbons (Fsp3) is 0.125. The van der Waals surface area contributed by atoms with Gasteiger partial charge in [-0.25, -0.2) is 0 Å². The predicted molar refractivity (Wildman–Crippen MR) is 89.5 cm³/mol. The minimum Gasteiger partial charge on any atom is -0.506 e. The van der Waals surface area contributed by atoms with Gasteiger partial charge >= 0.3 is 0 Å². The third kappa shape index (κ3) is 3.53. The minimum absolute atomic E-state index is 0.0484. The average molecular weight is 316 g/mol. The number of benzene rings is 2. The summed E-state index contributed by atoms with van der Waals surface area (Å²) >= 11 is 5.09. The van der Waals surface area contributed by atoms with Crippen LogP contribution in [0.3, 0.4) is 0 Å². The van der Waals surface area contributed by atoms with Crippen molar-refractivity contribution in [1.82, 2.24) is 5.32 Å². The fourth-order valence-corrected chi connectivity index (χ4v) is 2.21. The van der Waals surface area contributed by atoms with Crippen molar-refractivity contribution in [2.75, 3.05) is 12.4 Å². The number of nitrogens with one attached hydrogen (secondary N) is 2. The van der Waals surface area contributed by atoms with Crippen LogP contribution < -0.4 is 15.4 Å². The normalized spacial score (nSPS) is 9.91. The highest BCUT2D eigenvalue weighted by Gasteiger charge is 2.15. The maximum Gasteiger partial charge on any atom is 0.261 e. The number of para-hydroxylation sites is 3. The van der Waals surface area contributed by atoms with Crippen molar-refractivity contribution in [3.05, 3.63) is 53.6 Å². The highest BCUT2D eigenvalue weighted by Crippen LogP contribution is 2.23. The molecule has 0 aliphatic rings. The van der Waals surface area contributed by atoms with Gasteiger partial charge in [0, 0.05) is 0 Å². The maximum absolute atomic E-state index is 12.3. The SMILES string of the molecule is COc1c(C)cccc1C(=O)NC(=S)Nc1ccccc1O. The Bertz CT molecular complexity index is 716. The zero-order valence-corrected chi connectivity index (χ0v) is 13.0. The van der Waals surface area contributed by atoms with Crippen LogP contribution in [0.2, 0.25) is 0 Å². The first-order valence-electron chi connectivity index (χ1n) is 6.57. The summed E-state index contributed by atoms with van der Waals surface area (Å²) in [5.74, 6) is 0.172. The molecule has 22 heavy (non-hydrogen) atoms. The summed E-state index contributed by atoms with van der Waals surface area (Å²) in [5.41, 5.74) is 1.67. The molecule has 2 aromatic rings. The van der Waals surface area contributed by atoms with Gasteiger partial charge in [-0.2, -0.15) is 0 Å². The number of methoxy groups -OCH3 is 1. The Hall–Kier alpha value is -2.60. The number of carbonyl (C=O) groups is 1. The highest BCUT2D eigenvalue weighted by atomic mass is 32.1. The first kappa shape index (κ1) is 15.8. The Morgan fingerprint density at radius 2 is 1.91 bits per heavy atom. The number of aromatic hydroxyl groups is 1. The van der Waals surface area contributed by atoms with Gasteiger partial charge in [0.15, 0.2) is 5.11 Å². The van der Waals surface area contributed by atoms with E-state index in [9.17, 15) is 9.90 Å². The van der Waals surface area contributed by atoms with Crippen LogP contribution in [0.5, 0.6) is 11.5 Å². The van der Waals surface area contributed by atoms with Gasteiger partial charge in [-0.15, -0.1) is 0 Å². The summed E-state index contributed by atoms with van der Waals surface area (Å²) < 4.78 is 5.25. The van der Waals surface area contributed by atoms with Crippen LogP contribution in [0, 0.1) is 6.92 Å². The zero-order chi connectivity index (χ0) is 16.1. The summed E-state index contributed by atoms with van der Waals surface area (Å²) in [7, 11) is 1.51. The van der Waals surface area contributed by atoms with Gasteiger partial charge in [-0.1, -0.05) is 24.3 Å². The lowest BCUT2D eigenvalue weighted by atomic mass is 10.1. The van der Waals surface area contributed by atoms with Crippen molar-refractivity contribution < 1.29 is 14.6 Å². The van der Waals surface area contributed by atoms with Crippen molar-refractivity contribution in [1.29, 1.82) is 0 Å². The first-order chi connectivity index (χ1) is 10.5. The van der Waals surface area contributed by atoms with E-state index in [2.05, 4.69) is 10.6 Å². The monoisotopic (exact) mass is 316 g/mol. The number of hydrogen-bond donors (Lipinski definition) is 3. The summed E-state index contributed by atoms with van der Waals surface area (Å²) in [4.78, 5) is 12.3. The second-order valence-electron chi connectivity index (χ2n) is 4.58. The Kier molecular flexibility index (Phi) is 4.95. The molecule has 0 heterocycles. The lowest BCUT2D eigenvalue weighted by Gasteiger charge is -2.13. The molecule has 0 spiro atoms. The van der Waals surface area contributed by atoms with Gasteiger partial charge in [-0.3, -0.25) is 10.1 Å². The molecule has 0 aliphatic carbocycles. The number of anilines is 1. The maximum atomic E-state index is 12.3. The van der Waals surface area contributed by atoms with Crippen LogP contribution in [-0.4, -0.2) is 23.2 Å². The van der Waals surface area contributed by atoms with E-state index in [0.717, 1.165) is 5.56 Å². The van der Waals surface area contributed by atoms with Crippen molar-refractivity contribution in [2.24, 2.45) is 0 Å². The Morgan fingerprint density at radius 1 is 1.18 bits per heavy atom. The van der Waals surface area contributed by atoms with Gasteiger partial charge in [-0.05, 0) is 42.9 Å². The highest BCUT2D eigenvalue weighted by molar-refractivity contribution is 7.80. The molecule has 6 heteroatoms. The molecule has 0 bridgehead atoms. The average Bonchev–Trinajstić information content (AvgIpc) is 2.49. The Balaban J connectivity index is 2.11. The van der Waals surface area contributed by atoms with Crippen LogP contribution in [-0.2, 0) is 0 Å². The van der Waals surface area contributed by atoms with E-state index >= 15 is 0 Å². The number of phenols is 1. The predicted octanol–water partition coefficient (Wildman–Crippen LogP) is 2.84. The van der Waals surface area contributed by atoms with Crippen LogP contribution in [0.25, 0.3) is 0 Å². The summed E-state index contributed by atoms with van der Waals surface area (Å²) in [5, 5.41) is 15.1. The van der Waals surface area contributed by atoms with Gasteiger partial charge < -0.3 is 15.2 Å². The second kappa shape index (κ2) is 6.91. The van der Waals surface area contributed by atoms with E-state index in [1.54, 1.807) is 30.3 Å². The van der Waals surface area contributed by atoms with E-state index in [-0.39, 0.29) is 16.8 Å². The molecule has 0 atom stereocenters. The molecule has 2 rings (SSSR count). The molecule has 114 valence electrons. The smallest absolute Gasteiger partial charge is 0.261 e. The van der Waals surface area contributed by atoms with Gasteiger partial charge in [0.2, 0.25) is 0 Å². The number of rotatable bonds is 3. The summed E-state index contributed by atoms with van der Waals surface area (Å²) in [6.07, 6.45) is 0. The molecular formula is C16H16N2O3S. The third-order valence-corrected chi connectivity index (χ3v) is 3.24. The molecule has 3 N–H and O–H groups in total. The van der Waals surface area contributed by atoms with Crippen molar-refractivity contribution in [2.45, 2.75) is 6.92 Å². The molecule has 2 aromatic carbocycles. The fourth-order valence-electron chi connectivity index (χ4n) is 2.01. The van der Waals surface area contributed by atoms with Crippen molar-refractivity contribution in [3.8, 4) is 11.5 Å². The zero-order valence-electron chi connectivity index (χ0n) is 12.2. The lowest BCUT2D eigenvalue weighted by molar-refractivity contribution is 0.0974. The van der Waals surface area contributed by atoms with E-state index in [0.29, 0.717) is 17.0 Å². The number of amides is 1. The van der Waals surface area contributed by atoms with Crippen LogP contribution in [0.15, 0.2) is 42.5 Å². The summed E-state index contributed by atoms with van der Waals surface area (Å²) in [6, 6.07) is 11.9. The molecule has 0 fully saturated rings. The number of hydrogen-bond acceptors (Lipinski definition) is 4. The van der Waals surface area contributed by atoms with E-state index in [1.807, 2.05) is 13.0 Å². The van der Waals surface area contributed by atoms with Gasteiger partial charge in [0.25, 0.3) is 5.91 Å². The molecule has 0 aromatic heterocycles. The van der Waals surface area contributed by atoms with Gasteiger partial charge in [0.1, 0.15) is 11.5 Å². The van der Waals surface area contributed by atoms with Crippen molar-refractivity contribution in [3.63, 3.8) is 0 Å². The van der Waals surface area contributed by atoms with Crippen LogP contribution >= 0.6 is 12.2 Å². The molecule has 0 saturated heterocycles. The number of aryl methyl sites for hydroxylation is 1. The third-order valence-electron chi connectivity index (χ3n) is 3.04. The first-order valence-corrected chi connectivity index (χ1v) is 6.97. The number of thiocarbonyl (C=S) groups is 1. The standard InChI is InChI=1S/C16H16N2O3S/c1-10-6-5-7-11(14(10)21-2)15(20)18-16(22)17-12-8-3-4-9-13(12)19/h3-9,19H,1-2H3,(H2,17,18,20,22). The Labute approximate surface area is 133 Å². The molecule has 0 aliphatic heterocycles. The van der Waals surface area contributed by atoms with E-state index in [4.69, 9.17) is 17.0 Å². The largest absolute Gasteiger partial charge is 0.506 e.